The van der Waals surface area contributed by atoms with Crippen LogP contribution in [0.2, 0.25) is 5.02 Å². The number of halogens is 1. The zero-order valence-corrected chi connectivity index (χ0v) is 28.8. The highest BCUT2D eigenvalue weighted by Gasteiger charge is 2.40. The van der Waals surface area contributed by atoms with Crippen LogP contribution in [0, 0.1) is 0 Å². The number of piperazine rings is 1. The zero-order chi connectivity index (χ0) is 33.4. The van der Waals surface area contributed by atoms with E-state index in [1.54, 1.807) is 32.6 Å². The lowest BCUT2D eigenvalue weighted by atomic mass is 9.98. The van der Waals surface area contributed by atoms with Crippen molar-refractivity contribution < 1.29 is 14.3 Å². The van der Waals surface area contributed by atoms with Gasteiger partial charge in [-0.05, 0) is 94.6 Å². The first-order valence-corrected chi connectivity index (χ1v) is 16.5. The Morgan fingerprint density at radius 1 is 1.07 bits per heavy atom. The van der Waals surface area contributed by atoms with Crippen molar-refractivity contribution in [3.8, 4) is 5.69 Å². The van der Waals surface area contributed by atoms with E-state index < -0.39 is 17.2 Å². The minimum Gasteiger partial charge on any atom is -0.444 e. The fraction of sp³-hybridized carbons (Fsp3) is 0.412. The number of benzene rings is 2. The Balaban J connectivity index is 1.39. The monoisotopic (exact) mass is 662 g/mol. The highest BCUT2D eigenvalue weighted by molar-refractivity contribution is 7.99. The van der Waals surface area contributed by atoms with Crippen LogP contribution in [0.25, 0.3) is 16.6 Å². The smallest absolute Gasteiger partial charge is 0.410 e. The summed E-state index contributed by atoms with van der Waals surface area (Å²) in [5, 5.41) is 1.73. The summed E-state index contributed by atoms with van der Waals surface area (Å²) >= 11 is 7.42. The quantitative estimate of drug-likeness (QED) is 0.204. The maximum Gasteiger partial charge on any atom is 0.410 e. The minimum atomic E-state index is -0.637. The average Bonchev–Trinajstić information content (AvgIpc) is 3.00. The largest absolute Gasteiger partial charge is 0.444 e. The first-order valence-electron chi connectivity index (χ1n) is 15.3. The van der Waals surface area contributed by atoms with Gasteiger partial charge in [-0.1, -0.05) is 37.6 Å². The molecule has 0 bridgehead atoms. The van der Waals surface area contributed by atoms with Gasteiger partial charge in [-0.2, -0.15) is 0 Å². The topological polar surface area (TPSA) is 111 Å². The van der Waals surface area contributed by atoms with Gasteiger partial charge in [0.25, 0.3) is 11.5 Å². The van der Waals surface area contributed by atoms with E-state index in [1.807, 2.05) is 58.9 Å². The third-order valence-corrected chi connectivity index (χ3v) is 9.09. The summed E-state index contributed by atoms with van der Waals surface area (Å²) in [6, 6.07) is 12.9. The third kappa shape index (κ3) is 7.20. The maximum absolute atomic E-state index is 13.8. The number of hydrogen-bond acceptors (Lipinski definition) is 8. The lowest BCUT2D eigenvalue weighted by Crippen LogP contribution is -2.62. The molecule has 1 saturated heterocycles. The van der Waals surface area contributed by atoms with Crippen LogP contribution in [0.15, 0.2) is 69.8 Å². The van der Waals surface area contributed by atoms with Crippen molar-refractivity contribution >= 4 is 46.3 Å². The highest BCUT2D eigenvalue weighted by Crippen LogP contribution is 2.29. The van der Waals surface area contributed by atoms with Gasteiger partial charge in [-0.15, -0.1) is 0 Å². The number of amides is 2. The lowest BCUT2D eigenvalue weighted by Gasteiger charge is -2.46. The molecule has 1 unspecified atom stereocenters. The summed E-state index contributed by atoms with van der Waals surface area (Å²) in [6.07, 6.45) is 3.55. The molecule has 3 heterocycles. The minimum absolute atomic E-state index is 0.185. The van der Waals surface area contributed by atoms with E-state index >= 15 is 0 Å². The second-order valence-electron chi connectivity index (χ2n) is 13.1. The van der Waals surface area contributed by atoms with E-state index in [0.717, 1.165) is 6.42 Å². The Morgan fingerprint density at radius 2 is 1.78 bits per heavy atom. The maximum atomic E-state index is 13.8. The normalized spacial score (nSPS) is 15.6. The molecule has 0 saturated carbocycles. The second kappa shape index (κ2) is 13.0. The van der Waals surface area contributed by atoms with Crippen molar-refractivity contribution in [2.45, 2.75) is 82.1 Å². The molecule has 0 radical (unpaired) electrons. The van der Waals surface area contributed by atoms with Gasteiger partial charge in [-0.25, -0.2) is 19.7 Å². The van der Waals surface area contributed by atoms with Gasteiger partial charge < -0.3 is 9.64 Å². The molecule has 1 aliphatic heterocycles. The summed E-state index contributed by atoms with van der Waals surface area (Å²) in [6.45, 7) is 14.6. The fourth-order valence-electron chi connectivity index (χ4n) is 5.34. The first-order chi connectivity index (χ1) is 21.7. The van der Waals surface area contributed by atoms with Crippen molar-refractivity contribution in [1.82, 2.24) is 29.3 Å². The predicted octanol–water partition coefficient (Wildman–Crippen LogP) is 6.97. The van der Waals surface area contributed by atoms with Crippen molar-refractivity contribution in [3.05, 3.63) is 81.5 Å². The van der Waals surface area contributed by atoms with Crippen LogP contribution in [-0.4, -0.2) is 72.1 Å². The molecule has 1 atom stereocenters. The Hall–Kier alpha value is -3.96. The molecule has 4 aromatic rings. The van der Waals surface area contributed by atoms with Crippen LogP contribution in [0.4, 0.5) is 4.79 Å². The molecule has 2 aromatic heterocycles. The van der Waals surface area contributed by atoms with Crippen LogP contribution < -0.4 is 5.56 Å². The number of carbonyl (C=O) groups excluding carboxylic acids is 2. The van der Waals surface area contributed by atoms with Gasteiger partial charge in [0, 0.05) is 24.7 Å². The molecule has 2 amide bonds. The number of nitrogens with zero attached hydrogens (tertiary/aromatic N) is 6. The number of hydrogen-bond donors (Lipinski definition) is 0. The number of aromatic nitrogens is 4. The molecular weight excluding hydrogens is 624 g/mol. The van der Waals surface area contributed by atoms with Gasteiger partial charge in [0.1, 0.15) is 16.3 Å². The van der Waals surface area contributed by atoms with E-state index in [4.69, 9.17) is 21.3 Å². The Kier molecular flexibility index (Phi) is 9.47. The van der Waals surface area contributed by atoms with E-state index in [-0.39, 0.29) is 17.2 Å². The van der Waals surface area contributed by atoms with Crippen LogP contribution in [0.3, 0.4) is 0 Å². The number of fused-ring (bicyclic) bond motifs is 1. The Morgan fingerprint density at radius 3 is 2.39 bits per heavy atom. The van der Waals surface area contributed by atoms with Crippen LogP contribution >= 0.6 is 23.4 Å². The molecule has 242 valence electrons. The molecule has 10 nitrogen and oxygen atoms in total. The predicted molar refractivity (Wildman–Crippen MR) is 180 cm³/mol. The number of ether oxygens (including phenoxy) is 1. The summed E-state index contributed by atoms with van der Waals surface area (Å²) in [5.74, 6) is 0.115. The van der Waals surface area contributed by atoms with Crippen LogP contribution in [-0.2, 0) is 4.74 Å². The fourth-order valence-corrected chi connectivity index (χ4v) is 6.33. The Labute approximate surface area is 278 Å². The Bertz CT molecular complexity index is 1820. The summed E-state index contributed by atoms with van der Waals surface area (Å²) < 4.78 is 7.13. The van der Waals surface area contributed by atoms with Crippen LogP contribution in [0.5, 0.6) is 0 Å². The van der Waals surface area contributed by atoms with Crippen molar-refractivity contribution in [3.63, 3.8) is 0 Å². The zero-order valence-electron chi connectivity index (χ0n) is 27.2. The van der Waals surface area contributed by atoms with Gasteiger partial charge in [0.05, 0.1) is 34.5 Å². The van der Waals surface area contributed by atoms with E-state index in [9.17, 15) is 14.4 Å². The molecular formula is C34H39ClN6O4S. The summed E-state index contributed by atoms with van der Waals surface area (Å²) in [4.78, 5) is 57.1. The van der Waals surface area contributed by atoms with E-state index in [1.165, 1.54) is 29.7 Å². The standard InChI is InChI=1S/C34H39ClN6O4S/c1-8-21(2)22-9-12-24(13-10-22)41-29(42)25-17-23(35)11-14-26(25)38-31(41)46-28-19-36-27(18-37-28)30(43)39-15-16-40(34(6,7)20-39)32(44)45-33(3,4)5/h9-14,17-19,21H,8,15-16,20H2,1-7H3. The lowest BCUT2D eigenvalue weighted by molar-refractivity contribution is -0.0203. The summed E-state index contributed by atoms with van der Waals surface area (Å²) in [7, 11) is 0. The molecule has 1 aliphatic rings. The van der Waals surface area contributed by atoms with Gasteiger partial charge >= 0.3 is 6.09 Å². The molecule has 1 fully saturated rings. The van der Waals surface area contributed by atoms with Crippen molar-refractivity contribution in [1.29, 1.82) is 0 Å². The molecule has 46 heavy (non-hydrogen) atoms. The SMILES string of the molecule is CCC(C)c1ccc(-n2c(Sc3cnc(C(=O)N4CCN(C(=O)OC(C)(C)C)C(C)(C)C4)cn3)nc3ccc(Cl)cc3c2=O)cc1. The molecule has 5 rings (SSSR count). The van der Waals surface area contributed by atoms with Gasteiger partial charge in [-0.3, -0.25) is 19.1 Å². The van der Waals surface area contributed by atoms with Crippen molar-refractivity contribution in [2.75, 3.05) is 19.6 Å². The van der Waals surface area contributed by atoms with E-state index in [2.05, 4.69) is 23.8 Å². The highest BCUT2D eigenvalue weighted by atomic mass is 35.5. The van der Waals surface area contributed by atoms with Crippen molar-refractivity contribution in [2.24, 2.45) is 0 Å². The summed E-state index contributed by atoms with van der Waals surface area (Å²) in [5.41, 5.74) is 1.05. The molecule has 12 heteroatoms. The number of rotatable bonds is 6. The molecule has 0 N–H and O–H groups in total. The van der Waals surface area contributed by atoms with Gasteiger partial charge in [0.15, 0.2) is 5.16 Å². The number of carbonyl (C=O) groups is 2. The molecule has 0 aliphatic carbocycles. The van der Waals surface area contributed by atoms with Crippen LogP contribution in [0.1, 0.15) is 76.9 Å². The third-order valence-electron chi connectivity index (χ3n) is 7.98. The molecule has 2 aromatic carbocycles. The first kappa shape index (κ1) is 33.4. The second-order valence-corrected chi connectivity index (χ2v) is 14.5. The average molecular weight is 663 g/mol. The van der Waals surface area contributed by atoms with E-state index in [0.29, 0.717) is 57.3 Å². The molecule has 0 spiro atoms. The van der Waals surface area contributed by atoms with Gasteiger partial charge in [0.2, 0.25) is 0 Å².